The van der Waals surface area contributed by atoms with Gasteiger partial charge in [0.2, 0.25) is 0 Å². The standard InChI is InChI=1S/C26H39N3Si.CH3.2ClH.Ti/c1-7-19-15-24-22(20-11-13-21(14-12-20)26(2,3)4)9-8-10-23(24)25(19)30(5,6)29-17-27-16-28-18-29;;;;/h8-14,19,23-25H,7,15-18H2,1-6H3;1H3;2*1H;/q-2;-1;;;+6/p-2. The van der Waals surface area contributed by atoms with E-state index in [4.69, 9.17) is 18.6 Å². The zero-order valence-electron chi connectivity index (χ0n) is 22.0. The summed E-state index contributed by atoms with van der Waals surface area (Å²) in [5, 5.41) is 9.21. The Balaban J connectivity index is 0.000000970. The van der Waals surface area contributed by atoms with Crippen molar-refractivity contribution in [1.82, 2.24) is 4.57 Å². The van der Waals surface area contributed by atoms with E-state index in [9.17, 15) is 0 Å². The maximum atomic E-state index is 4.89. The molecule has 0 N–H and O–H groups in total. The zero-order valence-corrected chi connectivity index (χ0v) is 26.1. The number of halogens is 2. The molecule has 4 rings (SSSR count). The molecule has 4 unspecified atom stereocenters. The zero-order chi connectivity index (χ0) is 24.2. The Morgan fingerprint density at radius 1 is 1.09 bits per heavy atom. The predicted octanol–water partition coefficient (Wildman–Crippen LogP) is 8.94. The van der Waals surface area contributed by atoms with Crippen molar-refractivity contribution in [3.8, 4) is 0 Å². The van der Waals surface area contributed by atoms with Gasteiger partial charge in [0, 0.05) is 0 Å². The van der Waals surface area contributed by atoms with E-state index in [0.29, 0.717) is 18.5 Å². The van der Waals surface area contributed by atoms with Crippen LogP contribution in [0.2, 0.25) is 18.6 Å². The van der Waals surface area contributed by atoms with Gasteiger partial charge in [0.1, 0.15) is 8.24 Å². The Labute approximate surface area is 226 Å². The number of allylic oxidation sites excluding steroid dienone is 4. The van der Waals surface area contributed by atoms with Crippen LogP contribution < -0.4 is 0 Å². The van der Waals surface area contributed by atoms with Gasteiger partial charge in [0.25, 0.3) is 0 Å². The second-order valence-electron chi connectivity index (χ2n) is 11.1. The van der Waals surface area contributed by atoms with E-state index >= 15 is 0 Å². The summed E-state index contributed by atoms with van der Waals surface area (Å²) >= 11 is -0.556. The van der Waals surface area contributed by atoms with Crippen LogP contribution in [0.3, 0.4) is 0 Å². The molecule has 34 heavy (non-hydrogen) atoms. The summed E-state index contributed by atoms with van der Waals surface area (Å²) in [5.41, 5.74) is 5.36. The van der Waals surface area contributed by atoms with E-state index in [0.717, 1.165) is 24.8 Å². The first-order chi connectivity index (χ1) is 15.6. The number of rotatable bonds is 4. The Morgan fingerprint density at radius 2 is 1.68 bits per heavy atom. The normalized spacial score (nSPS) is 27.4. The summed E-state index contributed by atoms with van der Waals surface area (Å²) in [6, 6.07) is 9.40. The van der Waals surface area contributed by atoms with Gasteiger partial charge in [0.15, 0.2) is 0 Å². The van der Waals surface area contributed by atoms with Crippen LogP contribution in [0.5, 0.6) is 0 Å². The quantitative estimate of drug-likeness (QED) is 0.270. The van der Waals surface area contributed by atoms with Gasteiger partial charge in [-0.15, -0.1) is 13.3 Å². The van der Waals surface area contributed by atoms with Crippen LogP contribution in [0, 0.1) is 25.2 Å². The molecule has 3 nitrogen and oxygen atoms in total. The van der Waals surface area contributed by atoms with Crippen molar-refractivity contribution in [3.63, 3.8) is 0 Å². The van der Waals surface area contributed by atoms with Crippen molar-refractivity contribution in [3.05, 3.63) is 71.7 Å². The number of hydrogen-bond acceptors (Lipinski definition) is 1. The molecule has 1 aromatic rings. The molecule has 1 aromatic carbocycles. The third kappa shape index (κ3) is 6.69. The molecule has 1 heterocycles. The van der Waals surface area contributed by atoms with Crippen molar-refractivity contribution in [2.75, 3.05) is 20.0 Å². The minimum atomic E-state index is -1.66. The molecule has 186 valence electrons. The molecule has 7 heteroatoms. The maximum absolute atomic E-state index is 4.89. The minimum absolute atomic E-state index is 0. The summed E-state index contributed by atoms with van der Waals surface area (Å²) in [7, 11) is 8.12. The SMILES string of the molecule is CCC1CC2C(c3ccc(C(C)(C)C)cc3)=CC=CC2C1[Si](C)(C)N1C[N-]C[N-]C1.[CH3-].[Cl][Ti+4][Cl]. The summed E-state index contributed by atoms with van der Waals surface area (Å²) in [4.78, 5) is 0. The fourth-order valence-corrected chi connectivity index (χ4v) is 10.3. The van der Waals surface area contributed by atoms with Crippen LogP contribution in [0.1, 0.15) is 51.7 Å². The molecule has 2 aliphatic carbocycles. The Hall–Kier alpha value is 0.0912. The fourth-order valence-electron chi connectivity index (χ4n) is 6.16. The van der Waals surface area contributed by atoms with Gasteiger partial charge in [-0.05, 0) is 51.8 Å². The number of benzene rings is 1. The first-order valence-electron chi connectivity index (χ1n) is 12.1. The van der Waals surface area contributed by atoms with Crippen molar-refractivity contribution < 1.29 is 17.0 Å². The van der Waals surface area contributed by atoms with Crippen LogP contribution >= 0.6 is 18.6 Å². The molecule has 0 aromatic heterocycles. The average molecular weight is 556 g/mol. The Kier molecular flexibility index (Phi) is 11.6. The average Bonchev–Trinajstić information content (AvgIpc) is 3.19. The van der Waals surface area contributed by atoms with E-state index in [1.807, 2.05) is 0 Å². The number of hydrogen-bond donors (Lipinski definition) is 0. The molecule has 0 spiro atoms. The van der Waals surface area contributed by atoms with Gasteiger partial charge in [-0.2, -0.15) is 0 Å². The molecule has 1 saturated carbocycles. The van der Waals surface area contributed by atoms with Crippen molar-refractivity contribution in [2.45, 2.75) is 64.6 Å². The fraction of sp³-hybridized carbons (Fsp3) is 0.593. The monoisotopic (exact) mass is 554 g/mol. The molecule has 2 fully saturated rings. The van der Waals surface area contributed by atoms with Gasteiger partial charge >= 0.3 is 35.6 Å². The van der Waals surface area contributed by atoms with E-state index in [1.165, 1.54) is 24.0 Å². The third-order valence-electron chi connectivity index (χ3n) is 7.93. The first-order valence-corrected chi connectivity index (χ1v) is 19.4. The molecule has 0 bridgehead atoms. The molecule has 3 aliphatic rings. The van der Waals surface area contributed by atoms with Crippen LogP contribution in [0.4, 0.5) is 0 Å². The summed E-state index contributed by atoms with van der Waals surface area (Å²) in [5.74, 6) is 2.10. The number of nitrogens with zero attached hydrogens (tertiary/aromatic N) is 3. The topological polar surface area (TPSA) is 31.4 Å². The van der Waals surface area contributed by atoms with Gasteiger partial charge in [0.05, 0.1) is 0 Å². The molecular formula is C27H42Cl2N3SiTi+. The van der Waals surface area contributed by atoms with Crippen molar-refractivity contribution >= 4 is 32.4 Å². The predicted molar refractivity (Wildman–Crippen MR) is 150 cm³/mol. The van der Waals surface area contributed by atoms with Gasteiger partial charge in [-0.1, -0.05) is 89.7 Å². The van der Waals surface area contributed by atoms with E-state index in [1.54, 1.807) is 5.57 Å². The third-order valence-corrected chi connectivity index (χ3v) is 12.3. The Morgan fingerprint density at radius 3 is 2.21 bits per heavy atom. The Bertz CT molecular complexity index is 829. The molecule has 0 radical (unpaired) electrons. The van der Waals surface area contributed by atoms with Crippen LogP contribution in [0.25, 0.3) is 16.2 Å². The van der Waals surface area contributed by atoms with Crippen molar-refractivity contribution in [1.29, 1.82) is 0 Å². The second-order valence-corrected chi connectivity index (χ2v) is 18.3. The second kappa shape index (κ2) is 13.1. The van der Waals surface area contributed by atoms with Crippen LogP contribution in [0.15, 0.2) is 42.5 Å². The van der Waals surface area contributed by atoms with Crippen LogP contribution in [-0.2, 0) is 22.4 Å². The van der Waals surface area contributed by atoms with Gasteiger partial charge in [-0.3, -0.25) is 6.67 Å². The summed E-state index contributed by atoms with van der Waals surface area (Å²) in [6.07, 6.45) is 9.87. The van der Waals surface area contributed by atoms with Gasteiger partial charge in [-0.25, -0.2) is 0 Å². The molecular weight excluding hydrogens is 513 g/mol. The molecule has 1 saturated heterocycles. The van der Waals surface area contributed by atoms with Crippen LogP contribution in [-0.4, -0.2) is 32.8 Å². The molecule has 4 atom stereocenters. The first kappa shape index (κ1) is 30.3. The van der Waals surface area contributed by atoms with Gasteiger partial charge < -0.3 is 22.6 Å². The summed E-state index contributed by atoms with van der Waals surface area (Å²) < 4.78 is 2.64. The molecule has 0 amide bonds. The van der Waals surface area contributed by atoms with E-state index < -0.39 is 25.3 Å². The summed E-state index contributed by atoms with van der Waals surface area (Å²) in [6.45, 7) is 16.9. The van der Waals surface area contributed by atoms with E-state index in [2.05, 4.69) is 98.5 Å². The molecule has 1 aliphatic heterocycles. The number of fused-ring (bicyclic) bond motifs is 1. The van der Waals surface area contributed by atoms with E-state index in [-0.39, 0.29) is 12.8 Å². The van der Waals surface area contributed by atoms with Crippen molar-refractivity contribution in [2.24, 2.45) is 17.8 Å².